The fourth-order valence-electron chi connectivity index (χ4n) is 1.87. The molecule has 0 fully saturated rings. The maximum atomic E-state index is 12.2. The van der Waals surface area contributed by atoms with Crippen molar-refractivity contribution in [3.8, 4) is 5.75 Å². The van der Waals surface area contributed by atoms with Gasteiger partial charge in [0.2, 0.25) is 0 Å². The molecule has 0 aliphatic rings. The topological polar surface area (TPSA) is 84.9 Å². The molecule has 6 heteroatoms. The second-order valence-electron chi connectivity index (χ2n) is 4.95. The third-order valence-corrected chi connectivity index (χ3v) is 2.96. The van der Waals surface area contributed by atoms with Crippen LogP contribution in [0.3, 0.4) is 0 Å². The van der Waals surface area contributed by atoms with E-state index in [0.29, 0.717) is 37.7 Å². The number of hydrogen-bond donors (Lipinski definition) is 2. The lowest BCUT2D eigenvalue weighted by Gasteiger charge is -2.13. The number of nitrogens with one attached hydrogen (secondary N) is 1. The van der Waals surface area contributed by atoms with Gasteiger partial charge in [-0.15, -0.1) is 0 Å². The Morgan fingerprint density at radius 3 is 2.68 bits per heavy atom. The molecule has 0 radical (unpaired) electrons. The summed E-state index contributed by atoms with van der Waals surface area (Å²) in [5.74, 6) is -0.788. The molecule has 0 aliphatic heterocycles. The van der Waals surface area contributed by atoms with Gasteiger partial charge in [0.1, 0.15) is 12.4 Å². The Morgan fingerprint density at radius 1 is 1.27 bits per heavy atom. The van der Waals surface area contributed by atoms with E-state index in [-0.39, 0.29) is 18.2 Å². The molecule has 1 unspecified atom stereocenters. The van der Waals surface area contributed by atoms with Crippen LogP contribution < -0.4 is 10.1 Å². The van der Waals surface area contributed by atoms with Gasteiger partial charge in [-0.1, -0.05) is 19.1 Å². The van der Waals surface area contributed by atoms with Gasteiger partial charge in [-0.2, -0.15) is 0 Å². The normalized spacial score (nSPS) is 11.7. The number of carbonyl (C=O) groups excluding carboxylic acids is 1. The Labute approximate surface area is 130 Å². The number of carbonyl (C=O) groups is 2. The number of aliphatic carboxylic acids is 1. The third kappa shape index (κ3) is 6.58. The van der Waals surface area contributed by atoms with Gasteiger partial charge in [-0.05, 0) is 25.0 Å². The molecular weight excluding hydrogens is 286 g/mol. The Kier molecular flexibility index (Phi) is 7.99. The van der Waals surface area contributed by atoms with Crippen molar-refractivity contribution in [2.75, 3.05) is 26.4 Å². The number of para-hydroxylation sites is 1. The van der Waals surface area contributed by atoms with E-state index in [9.17, 15) is 9.59 Å². The smallest absolute Gasteiger partial charge is 0.303 e. The molecule has 0 saturated heterocycles. The predicted molar refractivity (Wildman–Crippen MR) is 82.2 cm³/mol. The average molecular weight is 309 g/mol. The van der Waals surface area contributed by atoms with E-state index in [4.69, 9.17) is 14.6 Å². The fraction of sp³-hybridized carbons (Fsp3) is 0.500. The molecule has 1 atom stereocenters. The highest BCUT2D eigenvalue weighted by molar-refractivity contribution is 5.96. The van der Waals surface area contributed by atoms with Crippen LogP contribution >= 0.6 is 0 Å². The molecule has 0 saturated carbocycles. The van der Waals surface area contributed by atoms with Gasteiger partial charge in [-0.3, -0.25) is 9.59 Å². The van der Waals surface area contributed by atoms with Gasteiger partial charge in [0.25, 0.3) is 5.91 Å². The number of hydrogen-bond acceptors (Lipinski definition) is 4. The zero-order valence-electron chi connectivity index (χ0n) is 13.0. The van der Waals surface area contributed by atoms with E-state index in [1.54, 1.807) is 31.2 Å². The first-order valence-corrected chi connectivity index (χ1v) is 7.34. The first-order chi connectivity index (χ1) is 10.5. The molecule has 1 aromatic rings. The lowest BCUT2D eigenvalue weighted by atomic mass is 10.1. The van der Waals surface area contributed by atoms with Crippen LogP contribution in [-0.2, 0) is 9.53 Å². The minimum atomic E-state index is -0.874. The van der Waals surface area contributed by atoms with Crippen molar-refractivity contribution in [1.29, 1.82) is 0 Å². The summed E-state index contributed by atoms with van der Waals surface area (Å²) >= 11 is 0. The number of rotatable bonds is 10. The van der Waals surface area contributed by atoms with Gasteiger partial charge >= 0.3 is 5.97 Å². The summed E-state index contributed by atoms with van der Waals surface area (Å²) in [6.07, 6.45) is 0.0206. The van der Waals surface area contributed by atoms with Gasteiger partial charge in [0, 0.05) is 19.6 Å². The first-order valence-electron chi connectivity index (χ1n) is 7.34. The molecular formula is C16H23NO5. The van der Waals surface area contributed by atoms with Crippen LogP contribution in [0.1, 0.15) is 30.6 Å². The van der Waals surface area contributed by atoms with Crippen molar-refractivity contribution in [2.45, 2.75) is 20.3 Å². The van der Waals surface area contributed by atoms with Crippen LogP contribution in [0.25, 0.3) is 0 Å². The maximum absolute atomic E-state index is 12.2. The summed E-state index contributed by atoms with van der Waals surface area (Å²) in [5.41, 5.74) is 0.432. The quantitative estimate of drug-likeness (QED) is 0.645. The summed E-state index contributed by atoms with van der Waals surface area (Å²) in [6.45, 7) is 5.43. The van der Waals surface area contributed by atoms with E-state index < -0.39 is 5.97 Å². The third-order valence-electron chi connectivity index (χ3n) is 2.96. The highest BCUT2D eigenvalue weighted by Crippen LogP contribution is 2.17. The lowest BCUT2D eigenvalue weighted by Crippen LogP contribution is -2.29. The molecule has 1 amide bonds. The van der Waals surface area contributed by atoms with E-state index in [2.05, 4.69) is 5.32 Å². The number of benzene rings is 1. The zero-order chi connectivity index (χ0) is 16.4. The van der Waals surface area contributed by atoms with Gasteiger partial charge in [0.15, 0.2) is 0 Å². The van der Waals surface area contributed by atoms with Gasteiger partial charge in [-0.25, -0.2) is 0 Å². The Morgan fingerprint density at radius 2 is 2.00 bits per heavy atom. The van der Waals surface area contributed by atoms with Crippen LogP contribution in [0, 0.1) is 5.92 Å². The molecule has 1 aromatic carbocycles. The van der Waals surface area contributed by atoms with Crippen molar-refractivity contribution in [2.24, 2.45) is 5.92 Å². The largest absolute Gasteiger partial charge is 0.490 e. The zero-order valence-corrected chi connectivity index (χ0v) is 13.0. The molecule has 0 aromatic heterocycles. The Bertz CT molecular complexity index is 489. The highest BCUT2D eigenvalue weighted by Gasteiger charge is 2.14. The van der Waals surface area contributed by atoms with Crippen molar-refractivity contribution < 1.29 is 24.2 Å². The standard InChI is InChI=1S/C16H23NO5/c1-3-21-8-9-22-14-7-5-4-6-13(14)16(20)17-11-12(2)10-15(18)19/h4-7,12H,3,8-11H2,1-2H3,(H,17,20)(H,18,19). The van der Waals surface area contributed by atoms with E-state index in [1.165, 1.54) is 0 Å². The molecule has 122 valence electrons. The van der Waals surface area contributed by atoms with Crippen molar-refractivity contribution >= 4 is 11.9 Å². The minimum Gasteiger partial charge on any atom is -0.490 e. The predicted octanol–water partition coefficient (Wildman–Crippen LogP) is 1.94. The molecule has 22 heavy (non-hydrogen) atoms. The first kappa shape index (κ1) is 18.0. The van der Waals surface area contributed by atoms with E-state index >= 15 is 0 Å². The molecule has 6 nitrogen and oxygen atoms in total. The Hall–Kier alpha value is -2.08. The van der Waals surface area contributed by atoms with E-state index in [1.807, 2.05) is 6.92 Å². The second kappa shape index (κ2) is 9.78. The monoisotopic (exact) mass is 309 g/mol. The summed E-state index contributed by atoms with van der Waals surface area (Å²) < 4.78 is 10.7. The van der Waals surface area contributed by atoms with Gasteiger partial charge in [0.05, 0.1) is 12.2 Å². The van der Waals surface area contributed by atoms with Crippen LogP contribution in [-0.4, -0.2) is 43.3 Å². The molecule has 2 N–H and O–H groups in total. The van der Waals surface area contributed by atoms with Crippen LogP contribution in [0.4, 0.5) is 0 Å². The Balaban J connectivity index is 2.55. The minimum absolute atomic E-state index is 0.0206. The molecule has 0 aliphatic carbocycles. The molecule has 0 bridgehead atoms. The number of amides is 1. The fourth-order valence-corrected chi connectivity index (χ4v) is 1.87. The summed E-state index contributed by atoms with van der Waals surface area (Å²) in [7, 11) is 0. The summed E-state index contributed by atoms with van der Waals surface area (Å²) in [5, 5.41) is 11.4. The van der Waals surface area contributed by atoms with Crippen molar-refractivity contribution in [3.63, 3.8) is 0 Å². The number of ether oxygens (including phenoxy) is 2. The SMILES string of the molecule is CCOCCOc1ccccc1C(=O)NCC(C)CC(=O)O. The lowest BCUT2D eigenvalue weighted by molar-refractivity contribution is -0.137. The van der Waals surface area contributed by atoms with Gasteiger partial charge < -0.3 is 19.9 Å². The van der Waals surface area contributed by atoms with Crippen LogP contribution in [0.15, 0.2) is 24.3 Å². The second-order valence-corrected chi connectivity index (χ2v) is 4.95. The van der Waals surface area contributed by atoms with Crippen molar-refractivity contribution in [1.82, 2.24) is 5.32 Å². The average Bonchev–Trinajstić information content (AvgIpc) is 2.49. The number of carboxylic acid groups (broad SMARTS) is 1. The summed E-state index contributed by atoms with van der Waals surface area (Å²) in [6, 6.07) is 6.94. The molecule has 0 spiro atoms. The molecule has 1 rings (SSSR count). The van der Waals surface area contributed by atoms with Crippen molar-refractivity contribution in [3.05, 3.63) is 29.8 Å². The van der Waals surface area contributed by atoms with E-state index in [0.717, 1.165) is 0 Å². The maximum Gasteiger partial charge on any atom is 0.303 e. The van der Waals surface area contributed by atoms with Crippen LogP contribution in [0.2, 0.25) is 0 Å². The summed E-state index contributed by atoms with van der Waals surface area (Å²) in [4.78, 5) is 22.8. The molecule has 0 heterocycles. The number of carboxylic acids is 1. The van der Waals surface area contributed by atoms with Crippen LogP contribution in [0.5, 0.6) is 5.75 Å². The highest BCUT2D eigenvalue weighted by atomic mass is 16.5.